The number of carboxylic acid groups (broad SMARTS) is 1. The highest BCUT2D eigenvalue weighted by Crippen LogP contribution is 2.67. The number of rotatable bonds is 20. The largest absolute Gasteiger partial charge is 0.483 e. The van der Waals surface area contributed by atoms with Gasteiger partial charge < -0.3 is 78.7 Å². The lowest BCUT2D eigenvalue weighted by Gasteiger charge is -2.40. The molecule has 784 valence electrons. The first kappa shape index (κ1) is 111. The molecule has 0 aromatic carbocycles. The Bertz CT molecular complexity index is 4390. The fraction of sp³-hybridized carbons (Fsp3) is 0.854. The third-order valence-corrected chi connectivity index (χ3v) is 39.4. The van der Waals surface area contributed by atoms with E-state index >= 15 is 0 Å². The van der Waals surface area contributed by atoms with Gasteiger partial charge in [-0.15, -0.1) is 0 Å². The first-order valence-corrected chi connectivity index (χ1v) is 56.6. The molecule has 0 aromatic heterocycles. The van der Waals surface area contributed by atoms with E-state index in [9.17, 15) is 84.0 Å². The number of fused-ring (bicyclic) bond motifs is 9. The number of ketones is 3. The van der Waals surface area contributed by atoms with Gasteiger partial charge in [-0.3, -0.25) is 62.3 Å². The maximum absolute atomic E-state index is 14.5. The van der Waals surface area contributed by atoms with E-state index in [4.69, 9.17) is 15.6 Å². The smallest absolute Gasteiger partial charge is 0.315 e. The number of piperidine rings is 3. The Kier molecular flexibility index (Phi) is 38.3. The van der Waals surface area contributed by atoms with Crippen LogP contribution in [0.4, 0.5) is 9.59 Å². The highest BCUT2D eigenvalue weighted by Gasteiger charge is 2.72. The normalized spacial score (nSPS) is 30.8. The van der Waals surface area contributed by atoms with Gasteiger partial charge in [0.2, 0.25) is 52.8 Å². The van der Waals surface area contributed by atoms with Crippen LogP contribution in [-0.4, -0.2) is 251 Å². The first-order valence-electron chi connectivity index (χ1n) is 53.3. The molecular formula is C103H170N14O20S2. The summed E-state index contributed by atoms with van der Waals surface area (Å²) < 4.78 is 51.5. The van der Waals surface area contributed by atoms with Crippen LogP contribution in [0.1, 0.15) is 359 Å². The molecule has 36 heteroatoms. The molecule has 14 fully saturated rings. The van der Waals surface area contributed by atoms with Crippen LogP contribution in [0.2, 0.25) is 0 Å². The zero-order chi connectivity index (χ0) is 102. The lowest BCUT2D eigenvalue weighted by Crippen LogP contribution is -2.62. The average Bonchev–Trinajstić information content (AvgIpc) is 1.53. The van der Waals surface area contributed by atoms with Crippen molar-refractivity contribution >= 4 is 109 Å². The van der Waals surface area contributed by atoms with Crippen molar-refractivity contribution in [2.24, 2.45) is 75.2 Å². The van der Waals surface area contributed by atoms with Gasteiger partial charge in [-0.2, -0.15) is 0 Å². The van der Waals surface area contributed by atoms with E-state index in [-0.39, 0.29) is 93.4 Å². The van der Waals surface area contributed by atoms with Crippen molar-refractivity contribution in [2.75, 3.05) is 50.8 Å². The molecular weight excluding hydrogens is 1820 g/mol. The standard InChI is InChI=1S/2C38H63N5O7S.C26H42N4O4.CH2O2/c2*1-36(2,3)51(49,50)24-38(20-14-11-15-21-38)42-35(48)41-28-17-13-10-8-6-7-9-12-16-27(31(44)33(46)39-22-25-18-19-25)40-32(45)30-29-26(37(29,4)5)23-43(30)34(28)47;1-26(2)17-15-30-21(20(17)26)23(32)29-19(22(31)24(33)28-14-16-12-13-16)11-9-7-5-3-4-6-8-10-18(27)25(30)34;2-1-3/h2*25-30H,6-24H2,1-5H3,(H,39,46)(H,40,45)(H2,41,42,48);16-21H,3-15,27H2,1-2H3,(H,28,33)(H,29,32);1H,(H,2,3)/t2*26-,27-,28-,29-,30-;17-,18-,19-,20-,21-;/m000./s1. The minimum absolute atomic E-state index is 0.0230. The first-order chi connectivity index (χ1) is 65.5. The zero-order valence-corrected chi connectivity index (χ0v) is 87.1. The van der Waals surface area contributed by atoms with Gasteiger partial charge in [0.25, 0.3) is 24.2 Å². The van der Waals surface area contributed by atoms with Gasteiger partial charge in [0.1, 0.15) is 30.2 Å². The van der Waals surface area contributed by atoms with Crippen molar-refractivity contribution in [3.8, 4) is 0 Å². The summed E-state index contributed by atoms with van der Waals surface area (Å²) in [6.07, 6.45) is 35.4. The topological polar surface area (TPSA) is 501 Å². The molecule has 0 spiro atoms. The molecule has 14 rings (SSSR count). The molecule has 15 atom stereocenters. The molecule has 6 aliphatic heterocycles. The molecule has 14 aliphatic rings. The van der Waals surface area contributed by atoms with Crippen LogP contribution < -0.4 is 58.9 Å². The van der Waals surface area contributed by atoms with Crippen LogP contribution in [0.25, 0.3) is 0 Å². The van der Waals surface area contributed by atoms with E-state index in [2.05, 4.69) is 94.7 Å². The number of nitrogens with one attached hydrogen (secondary N) is 10. The van der Waals surface area contributed by atoms with Crippen LogP contribution >= 0.6 is 0 Å². The lowest BCUT2D eigenvalue weighted by molar-refractivity contribution is -0.144. The van der Waals surface area contributed by atoms with Crippen LogP contribution in [0.15, 0.2) is 0 Å². The number of nitrogens with two attached hydrogens (primary N) is 1. The fourth-order valence-corrected chi connectivity index (χ4v) is 26.6. The summed E-state index contributed by atoms with van der Waals surface area (Å²) in [5.74, 6) is -4.61. The Morgan fingerprint density at radius 2 is 0.612 bits per heavy atom. The van der Waals surface area contributed by atoms with Crippen molar-refractivity contribution in [3.05, 3.63) is 0 Å². The van der Waals surface area contributed by atoms with Gasteiger partial charge in [0.05, 0.1) is 56.2 Å². The SMILES string of the molecule is CC1(C)[C@@H]2[C@H]3C(=O)N[C@H](C(=O)C(=O)NCC4CC4)CCCCCCCCC[C@H](N)C(=O)N3C[C@@H]21.CC1(C)[C@@H]2[C@H]3C(=O)N[C@H](C(=O)C(=O)NCC4CC4)CCCCCCCCC[C@H](NC(=O)NC4(CS(=O)(=O)C(C)(C)C)CCCCC4)C(=O)N3C[C@@H]21.CC1(C)[C@@H]2[C@H]3C(=O)N[C@H](C(=O)C(=O)NCC4CC4)CCCCCCCCC[C@H](NC(=O)NC4(CS(=O)(=O)C(C)(C)C)CCCCC4)C(=O)N3C[C@@H]21.O=CO. The maximum Gasteiger partial charge on any atom is 0.315 e. The second kappa shape index (κ2) is 47.8. The minimum Gasteiger partial charge on any atom is -0.483 e. The zero-order valence-electron chi connectivity index (χ0n) is 85.5. The molecule has 0 bridgehead atoms. The summed E-state index contributed by atoms with van der Waals surface area (Å²) in [4.78, 5) is 203. The van der Waals surface area contributed by atoms with Gasteiger partial charge in [-0.05, 0) is 214 Å². The van der Waals surface area contributed by atoms with Gasteiger partial charge >= 0.3 is 12.1 Å². The third-order valence-electron chi connectivity index (χ3n) is 33.8. The number of Topliss-reactive ketones (excluding diaryl/α,β-unsaturated/α-hetero) is 3. The molecule has 13 amide bonds. The molecule has 6 saturated heterocycles. The number of hydrogen-bond donors (Lipinski definition) is 12. The highest BCUT2D eigenvalue weighted by atomic mass is 32.2. The van der Waals surface area contributed by atoms with Crippen molar-refractivity contribution < 1.29 is 93.9 Å². The van der Waals surface area contributed by atoms with E-state index in [1.807, 2.05) is 0 Å². The van der Waals surface area contributed by atoms with Crippen LogP contribution in [0.5, 0.6) is 0 Å². The van der Waals surface area contributed by atoms with Crippen molar-refractivity contribution in [3.63, 3.8) is 0 Å². The second-order valence-corrected chi connectivity index (χ2v) is 53.0. The number of amides is 13. The van der Waals surface area contributed by atoms with Gasteiger partial charge in [-0.1, -0.05) is 215 Å². The number of nitrogens with zero attached hydrogens (tertiary/aromatic N) is 3. The molecule has 139 heavy (non-hydrogen) atoms. The third kappa shape index (κ3) is 29.3. The Morgan fingerprint density at radius 3 is 0.871 bits per heavy atom. The predicted octanol–water partition coefficient (Wildman–Crippen LogP) is 9.92. The van der Waals surface area contributed by atoms with Crippen LogP contribution in [0.3, 0.4) is 0 Å². The number of carbonyl (C=O) groups is 15. The van der Waals surface area contributed by atoms with Gasteiger partial charge in [0, 0.05) is 39.3 Å². The van der Waals surface area contributed by atoms with Crippen molar-refractivity contribution in [2.45, 2.75) is 434 Å². The molecule has 0 aromatic rings. The number of carbonyl (C=O) groups excluding carboxylic acids is 14. The minimum atomic E-state index is -3.55. The second-order valence-electron chi connectivity index (χ2n) is 47.5. The quantitative estimate of drug-likeness (QED) is 0.0398. The Hall–Kier alpha value is -7.89. The monoisotopic (exact) mass is 1990 g/mol. The van der Waals surface area contributed by atoms with Crippen molar-refractivity contribution in [1.82, 2.24) is 67.9 Å². The number of sulfone groups is 2. The summed E-state index contributed by atoms with van der Waals surface area (Å²) in [6, 6.07) is -8.63. The van der Waals surface area contributed by atoms with Crippen LogP contribution in [0, 0.1) is 69.5 Å². The van der Waals surface area contributed by atoms with E-state index in [0.717, 1.165) is 199 Å². The average molecular weight is 1990 g/mol. The van der Waals surface area contributed by atoms with Crippen LogP contribution in [-0.2, 0) is 82.0 Å². The molecule has 0 unspecified atom stereocenters. The molecule has 34 nitrogen and oxygen atoms in total. The predicted molar refractivity (Wildman–Crippen MR) is 528 cm³/mol. The maximum atomic E-state index is 14.5. The number of hydrogen-bond acceptors (Lipinski definition) is 20. The summed E-state index contributed by atoms with van der Waals surface area (Å²) in [5.41, 5.74) is 4.04. The number of urea groups is 2. The highest BCUT2D eigenvalue weighted by molar-refractivity contribution is 7.93. The Labute approximate surface area is 825 Å². The van der Waals surface area contributed by atoms with E-state index in [0.29, 0.717) is 134 Å². The van der Waals surface area contributed by atoms with E-state index in [1.54, 1.807) is 56.2 Å². The van der Waals surface area contributed by atoms with E-state index in [1.165, 1.54) is 0 Å². The van der Waals surface area contributed by atoms with Gasteiger partial charge in [0.15, 0.2) is 19.7 Å². The Balaban J connectivity index is 0.000000201. The molecule has 0 radical (unpaired) electrons. The lowest BCUT2D eigenvalue weighted by atomic mass is 9.83. The van der Waals surface area contributed by atoms with Gasteiger partial charge in [-0.25, -0.2) is 26.4 Å². The fourth-order valence-electron chi connectivity index (χ4n) is 23.5. The molecule has 13 N–H and O–H groups in total. The molecule has 8 aliphatic carbocycles. The summed E-state index contributed by atoms with van der Waals surface area (Å²) in [5, 5.41) is 35.8. The van der Waals surface area contributed by atoms with E-state index < -0.39 is 154 Å². The van der Waals surface area contributed by atoms with Crippen molar-refractivity contribution in [1.29, 1.82) is 0 Å². The summed E-state index contributed by atoms with van der Waals surface area (Å²) >= 11 is 0. The molecule has 8 saturated carbocycles. The molecule has 6 heterocycles. The Morgan fingerprint density at radius 1 is 0.374 bits per heavy atom. The summed E-state index contributed by atoms with van der Waals surface area (Å²) in [7, 11) is -7.09. The summed E-state index contributed by atoms with van der Waals surface area (Å²) in [6.45, 7) is 25.1.